The molecule has 0 saturated carbocycles. The van der Waals surface area contributed by atoms with Gasteiger partial charge in [-0.25, -0.2) is 4.98 Å². The van der Waals surface area contributed by atoms with Crippen LogP contribution in [-0.4, -0.2) is 82.0 Å². The summed E-state index contributed by atoms with van der Waals surface area (Å²) in [6, 6.07) is 8.28. The molecule has 0 spiro atoms. The maximum Gasteiger partial charge on any atom is 0.417 e. The Labute approximate surface area is 232 Å². The summed E-state index contributed by atoms with van der Waals surface area (Å²) in [7, 11) is 0. The Kier molecular flexibility index (Phi) is 8.38. The van der Waals surface area contributed by atoms with Crippen LogP contribution in [0.1, 0.15) is 16.3 Å². The summed E-state index contributed by atoms with van der Waals surface area (Å²) >= 11 is 7.65. The van der Waals surface area contributed by atoms with E-state index in [0.717, 1.165) is 60.2 Å². The number of benzene rings is 1. The van der Waals surface area contributed by atoms with E-state index in [1.807, 2.05) is 25.1 Å². The van der Waals surface area contributed by atoms with Gasteiger partial charge in [0.1, 0.15) is 35.6 Å². The van der Waals surface area contributed by atoms with Crippen LogP contribution in [0.5, 0.6) is 5.75 Å². The number of β-amino-alcohol motifs (C(OH)–C–C–N with tert-alkyl or cyclic N) is 1. The van der Waals surface area contributed by atoms with Crippen LogP contribution < -0.4 is 4.74 Å². The van der Waals surface area contributed by atoms with E-state index in [1.54, 1.807) is 17.4 Å². The van der Waals surface area contributed by atoms with Crippen LogP contribution in [0.25, 0.3) is 21.6 Å². The number of aryl methyl sites for hydroxylation is 1. The van der Waals surface area contributed by atoms with Crippen molar-refractivity contribution in [3.05, 3.63) is 57.9 Å². The van der Waals surface area contributed by atoms with Crippen molar-refractivity contribution in [2.45, 2.75) is 25.6 Å². The Balaban J connectivity index is 1.04. The summed E-state index contributed by atoms with van der Waals surface area (Å²) in [5.41, 5.74) is 0.436. The van der Waals surface area contributed by atoms with Gasteiger partial charge < -0.3 is 19.3 Å². The average Bonchev–Trinajstić information content (AvgIpc) is 3.52. The molecule has 13 heteroatoms. The first-order valence-electron chi connectivity index (χ1n) is 12.5. The van der Waals surface area contributed by atoms with Crippen molar-refractivity contribution >= 4 is 33.2 Å². The van der Waals surface area contributed by atoms with Crippen LogP contribution in [0.4, 0.5) is 13.2 Å². The Morgan fingerprint density at radius 2 is 1.92 bits per heavy atom. The van der Waals surface area contributed by atoms with Gasteiger partial charge in [0.05, 0.1) is 25.8 Å². The molecule has 3 aromatic heterocycles. The van der Waals surface area contributed by atoms with Crippen LogP contribution in [0.3, 0.4) is 0 Å². The molecule has 0 amide bonds. The molecule has 1 saturated heterocycles. The molecule has 1 fully saturated rings. The summed E-state index contributed by atoms with van der Waals surface area (Å²) in [5, 5.41) is 15.3. The number of rotatable bonds is 9. The van der Waals surface area contributed by atoms with Gasteiger partial charge in [-0.3, -0.25) is 9.88 Å². The first kappa shape index (κ1) is 27.8. The van der Waals surface area contributed by atoms with Crippen LogP contribution in [0.15, 0.2) is 41.1 Å². The number of aliphatic hydroxyl groups is 1. The molecule has 0 aliphatic carbocycles. The van der Waals surface area contributed by atoms with Gasteiger partial charge in [-0.05, 0) is 25.1 Å². The number of aromatic nitrogens is 3. The lowest BCUT2D eigenvalue weighted by Crippen LogP contribution is -2.49. The molecule has 1 N–H and O–H groups in total. The van der Waals surface area contributed by atoms with E-state index in [1.165, 1.54) is 0 Å². The molecule has 0 radical (unpaired) electrons. The summed E-state index contributed by atoms with van der Waals surface area (Å²) in [5.74, 6) is 1.30. The van der Waals surface area contributed by atoms with Crippen molar-refractivity contribution < 1.29 is 27.5 Å². The van der Waals surface area contributed by atoms with Gasteiger partial charge in [0, 0.05) is 64.0 Å². The van der Waals surface area contributed by atoms with Crippen LogP contribution in [0.2, 0.25) is 5.02 Å². The summed E-state index contributed by atoms with van der Waals surface area (Å²) in [4.78, 5) is 12.8. The molecule has 8 nitrogen and oxygen atoms in total. The van der Waals surface area contributed by atoms with Crippen molar-refractivity contribution in [1.82, 2.24) is 24.9 Å². The fourth-order valence-electron chi connectivity index (χ4n) is 4.44. The third-order valence-electron chi connectivity index (χ3n) is 6.49. The van der Waals surface area contributed by atoms with Gasteiger partial charge >= 0.3 is 6.18 Å². The fourth-order valence-corrected chi connectivity index (χ4v) is 5.51. The maximum absolute atomic E-state index is 12.9. The number of pyridine rings is 1. The lowest BCUT2D eigenvalue weighted by atomic mass is 10.2. The minimum absolute atomic E-state index is 0.135. The number of hydrogen-bond acceptors (Lipinski definition) is 9. The normalized spacial score (nSPS) is 16.2. The van der Waals surface area contributed by atoms with Gasteiger partial charge in [0.2, 0.25) is 0 Å². The van der Waals surface area contributed by atoms with Crippen molar-refractivity contribution in [3.8, 4) is 17.1 Å². The summed E-state index contributed by atoms with van der Waals surface area (Å²) < 4.78 is 50.8. The molecule has 0 unspecified atom stereocenters. The third-order valence-corrected chi connectivity index (χ3v) is 7.73. The second kappa shape index (κ2) is 11.8. The van der Waals surface area contributed by atoms with Crippen LogP contribution >= 0.6 is 22.9 Å². The first-order chi connectivity index (χ1) is 18.6. The van der Waals surface area contributed by atoms with Crippen molar-refractivity contribution in [2.75, 3.05) is 45.9 Å². The number of ether oxygens (including phenoxy) is 1. The molecule has 1 aliphatic heterocycles. The molecule has 4 aromatic rings. The Morgan fingerprint density at radius 3 is 2.67 bits per heavy atom. The number of hydrogen-bond donors (Lipinski definition) is 1. The number of piperazine rings is 1. The zero-order valence-corrected chi connectivity index (χ0v) is 22.7. The number of alkyl halides is 3. The molecule has 1 aromatic carbocycles. The zero-order chi connectivity index (χ0) is 27.6. The Morgan fingerprint density at radius 1 is 1.15 bits per heavy atom. The molecule has 1 aliphatic rings. The third kappa shape index (κ3) is 7.06. The highest BCUT2D eigenvalue weighted by atomic mass is 35.5. The molecule has 5 rings (SSSR count). The van der Waals surface area contributed by atoms with E-state index in [-0.39, 0.29) is 17.3 Å². The van der Waals surface area contributed by atoms with Gasteiger partial charge in [-0.2, -0.15) is 13.2 Å². The monoisotopic (exact) mass is 581 g/mol. The number of aliphatic hydroxyl groups excluding tert-OH is 1. The highest BCUT2D eigenvalue weighted by Crippen LogP contribution is 2.34. The van der Waals surface area contributed by atoms with E-state index in [9.17, 15) is 18.3 Å². The summed E-state index contributed by atoms with van der Waals surface area (Å²) in [6.45, 7) is 6.74. The largest absolute Gasteiger partial charge is 0.491 e. The predicted octanol–water partition coefficient (Wildman–Crippen LogP) is 4.93. The molecule has 39 heavy (non-hydrogen) atoms. The molecular weight excluding hydrogens is 555 g/mol. The summed E-state index contributed by atoms with van der Waals surface area (Å²) in [6.07, 6.45) is -3.80. The molecule has 4 heterocycles. The van der Waals surface area contributed by atoms with Gasteiger partial charge in [-0.1, -0.05) is 16.8 Å². The average molecular weight is 582 g/mol. The Hall–Kier alpha value is -2.77. The van der Waals surface area contributed by atoms with Crippen LogP contribution in [0, 0.1) is 6.92 Å². The second-order valence-corrected chi connectivity index (χ2v) is 11.1. The number of thiazole rings is 1. The second-order valence-electron chi connectivity index (χ2n) is 9.45. The van der Waals surface area contributed by atoms with E-state index in [0.29, 0.717) is 30.2 Å². The van der Waals surface area contributed by atoms with Crippen LogP contribution in [-0.2, 0) is 12.6 Å². The lowest BCUT2D eigenvalue weighted by Gasteiger charge is -2.35. The van der Waals surface area contributed by atoms with E-state index >= 15 is 0 Å². The van der Waals surface area contributed by atoms with E-state index < -0.39 is 17.8 Å². The van der Waals surface area contributed by atoms with Crippen molar-refractivity contribution in [1.29, 1.82) is 0 Å². The minimum Gasteiger partial charge on any atom is -0.491 e. The topological polar surface area (TPSA) is 87.8 Å². The highest BCUT2D eigenvalue weighted by Gasteiger charge is 2.32. The first-order valence-corrected chi connectivity index (χ1v) is 13.6. The number of nitrogens with zero attached hydrogens (tertiary/aromatic N) is 5. The van der Waals surface area contributed by atoms with E-state index in [2.05, 4.69) is 24.9 Å². The molecule has 1 atom stereocenters. The smallest absolute Gasteiger partial charge is 0.417 e. The quantitative estimate of drug-likeness (QED) is 0.298. The van der Waals surface area contributed by atoms with Gasteiger partial charge in [0.25, 0.3) is 0 Å². The molecule has 0 bridgehead atoms. The minimum atomic E-state index is -4.52. The van der Waals surface area contributed by atoms with Crippen molar-refractivity contribution in [2.24, 2.45) is 0 Å². The highest BCUT2D eigenvalue weighted by molar-refractivity contribution is 7.18. The number of fused-ring (bicyclic) bond motifs is 1. The van der Waals surface area contributed by atoms with Crippen molar-refractivity contribution in [3.63, 3.8) is 0 Å². The predicted molar refractivity (Wildman–Crippen MR) is 142 cm³/mol. The van der Waals surface area contributed by atoms with Gasteiger partial charge in [0.15, 0.2) is 0 Å². The molecule has 208 valence electrons. The number of halogens is 4. The van der Waals surface area contributed by atoms with Gasteiger partial charge in [-0.15, -0.1) is 11.3 Å². The lowest BCUT2D eigenvalue weighted by molar-refractivity contribution is -0.137. The molecular formula is C26H27ClF3N5O3S. The standard InChI is InChI=1S/C26H27ClF3N5O3S/c1-16-32-22-11-19(2-3-24(22)39-16)37-15-18(36)14-35-8-6-34(7-9-35)5-4-20-12-23(33-38-20)25-21(27)10-17(13-31-25)26(28,29)30/h2-3,10-13,18,36H,4-9,14-15H2,1H3/t18-/m1/s1. The SMILES string of the molecule is Cc1nc2cc(OC[C@H](O)CN3CCN(CCc4cc(-c5ncc(C(F)(F)F)cc5Cl)no4)CC3)ccc2s1. The Bertz CT molecular complexity index is 1420. The van der Waals surface area contributed by atoms with E-state index in [4.69, 9.17) is 20.9 Å². The zero-order valence-electron chi connectivity index (χ0n) is 21.1. The maximum atomic E-state index is 12.9. The fraction of sp³-hybridized carbons (Fsp3) is 0.423.